The lowest BCUT2D eigenvalue weighted by atomic mass is 9.75. The van der Waals surface area contributed by atoms with E-state index in [1.54, 1.807) is 4.68 Å². The molecule has 0 unspecified atom stereocenters. The van der Waals surface area contributed by atoms with Crippen LogP contribution < -0.4 is 11.1 Å². The van der Waals surface area contributed by atoms with Crippen molar-refractivity contribution in [3.05, 3.63) is 30.1 Å². The molecule has 1 aliphatic carbocycles. The summed E-state index contributed by atoms with van der Waals surface area (Å²) < 4.78 is 1.59. The maximum absolute atomic E-state index is 12.0. The lowest BCUT2D eigenvalue weighted by Gasteiger charge is -2.37. The predicted octanol–water partition coefficient (Wildman–Crippen LogP) is 1.18. The molecule has 0 spiro atoms. The molecular formula is C14H18N6O. The quantitative estimate of drug-likeness (QED) is 0.879. The Kier molecular flexibility index (Phi) is 3.42. The van der Waals surface area contributed by atoms with E-state index in [2.05, 4.69) is 20.8 Å². The van der Waals surface area contributed by atoms with E-state index in [1.807, 2.05) is 25.1 Å². The van der Waals surface area contributed by atoms with Crippen molar-refractivity contribution in [2.24, 2.45) is 5.73 Å². The summed E-state index contributed by atoms with van der Waals surface area (Å²) in [6, 6.07) is 5.62. The van der Waals surface area contributed by atoms with Gasteiger partial charge in [-0.05, 0) is 60.4 Å². The number of benzene rings is 1. The number of hydrogen-bond donors (Lipinski definition) is 2. The van der Waals surface area contributed by atoms with E-state index >= 15 is 0 Å². The minimum absolute atomic E-state index is 0.0354. The van der Waals surface area contributed by atoms with Gasteiger partial charge >= 0.3 is 0 Å². The molecule has 1 aromatic heterocycles. The molecule has 1 aromatic carbocycles. The third-order valence-corrected chi connectivity index (χ3v) is 3.94. The number of carbonyl (C=O) groups is 1. The highest BCUT2D eigenvalue weighted by atomic mass is 16.1. The zero-order chi connectivity index (χ0) is 14.9. The van der Waals surface area contributed by atoms with Crippen LogP contribution in [0.2, 0.25) is 0 Å². The van der Waals surface area contributed by atoms with Gasteiger partial charge in [0.25, 0.3) is 0 Å². The first kappa shape index (κ1) is 13.7. The van der Waals surface area contributed by atoms with Crippen molar-refractivity contribution >= 4 is 11.6 Å². The highest BCUT2D eigenvalue weighted by molar-refractivity contribution is 5.91. The number of anilines is 1. The number of nitrogens with two attached hydrogens (primary N) is 1. The van der Waals surface area contributed by atoms with Crippen molar-refractivity contribution in [1.82, 2.24) is 20.2 Å². The summed E-state index contributed by atoms with van der Waals surface area (Å²) in [5.74, 6) is -0.0354. The van der Waals surface area contributed by atoms with Gasteiger partial charge in [0, 0.05) is 17.6 Å². The summed E-state index contributed by atoms with van der Waals surface area (Å²) in [7, 11) is 0. The number of nitrogens with one attached hydrogen (secondary N) is 1. The highest BCUT2D eigenvalue weighted by Gasteiger charge is 2.34. The fraction of sp³-hybridized carbons (Fsp3) is 0.429. The topological polar surface area (TPSA) is 98.7 Å². The fourth-order valence-corrected chi connectivity index (χ4v) is 2.59. The third-order valence-electron chi connectivity index (χ3n) is 3.94. The monoisotopic (exact) mass is 286 g/mol. The van der Waals surface area contributed by atoms with Crippen molar-refractivity contribution in [1.29, 1.82) is 0 Å². The van der Waals surface area contributed by atoms with Crippen molar-refractivity contribution in [2.75, 3.05) is 5.32 Å². The largest absolute Gasteiger partial charge is 0.326 e. The summed E-state index contributed by atoms with van der Waals surface area (Å²) in [4.78, 5) is 12.0. The van der Waals surface area contributed by atoms with Gasteiger partial charge in [0.15, 0.2) is 0 Å². The first-order valence-corrected chi connectivity index (χ1v) is 6.99. The lowest BCUT2D eigenvalue weighted by Crippen LogP contribution is -2.48. The van der Waals surface area contributed by atoms with Gasteiger partial charge in [0.1, 0.15) is 6.33 Å². The molecule has 3 N–H and O–H groups in total. The second-order valence-electron chi connectivity index (χ2n) is 5.70. The molecule has 0 bridgehead atoms. The van der Waals surface area contributed by atoms with E-state index in [-0.39, 0.29) is 11.4 Å². The molecule has 0 aliphatic heterocycles. The van der Waals surface area contributed by atoms with Gasteiger partial charge in [-0.25, -0.2) is 4.68 Å². The van der Waals surface area contributed by atoms with Crippen LogP contribution in [0.3, 0.4) is 0 Å². The Balaban J connectivity index is 1.69. The van der Waals surface area contributed by atoms with Crippen LogP contribution >= 0.6 is 0 Å². The number of tetrazole rings is 1. The molecule has 1 amide bonds. The number of aromatic nitrogens is 4. The number of rotatable bonds is 4. The van der Waals surface area contributed by atoms with Crippen LogP contribution in [0, 0.1) is 6.92 Å². The molecule has 0 atom stereocenters. The average molecular weight is 286 g/mol. The van der Waals surface area contributed by atoms with Crippen LogP contribution in [0.25, 0.3) is 5.69 Å². The molecule has 110 valence electrons. The van der Waals surface area contributed by atoms with E-state index in [0.717, 1.165) is 36.2 Å². The zero-order valence-electron chi connectivity index (χ0n) is 11.9. The van der Waals surface area contributed by atoms with Crippen LogP contribution in [-0.4, -0.2) is 31.7 Å². The van der Waals surface area contributed by atoms with E-state index in [0.29, 0.717) is 6.42 Å². The standard InChI is InChI=1S/C14H18N6O/c1-10-7-11(3-4-12(10)20-9-16-18-19-20)17-13(21)8-14(15)5-2-6-14/h3-4,7,9H,2,5-6,8,15H2,1H3,(H,17,21). The van der Waals surface area contributed by atoms with E-state index in [9.17, 15) is 4.79 Å². The van der Waals surface area contributed by atoms with Gasteiger partial charge in [-0.1, -0.05) is 0 Å². The van der Waals surface area contributed by atoms with E-state index in [1.165, 1.54) is 6.33 Å². The normalized spacial score (nSPS) is 16.3. The van der Waals surface area contributed by atoms with Crippen LogP contribution in [0.1, 0.15) is 31.2 Å². The first-order chi connectivity index (χ1) is 10.1. The Morgan fingerprint density at radius 2 is 2.29 bits per heavy atom. The molecule has 7 nitrogen and oxygen atoms in total. The Morgan fingerprint density at radius 3 is 2.86 bits per heavy atom. The second kappa shape index (κ2) is 5.25. The molecule has 0 radical (unpaired) electrons. The molecule has 1 heterocycles. The summed E-state index contributed by atoms with van der Waals surface area (Å²) in [5, 5.41) is 14.0. The summed E-state index contributed by atoms with van der Waals surface area (Å²) in [6.45, 7) is 1.95. The fourth-order valence-electron chi connectivity index (χ4n) is 2.59. The number of nitrogens with zero attached hydrogens (tertiary/aromatic N) is 4. The maximum Gasteiger partial charge on any atom is 0.226 e. The predicted molar refractivity (Wildman–Crippen MR) is 77.9 cm³/mol. The van der Waals surface area contributed by atoms with Crippen molar-refractivity contribution in [3.8, 4) is 5.69 Å². The first-order valence-electron chi connectivity index (χ1n) is 6.99. The van der Waals surface area contributed by atoms with Gasteiger partial charge in [-0.3, -0.25) is 4.79 Å². The Labute approximate surface area is 122 Å². The van der Waals surface area contributed by atoms with Crippen LogP contribution in [0.5, 0.6) is 0 Å². The molecule has 7 heteroatoms. The second-order valence-corrected chi connectivity index (χ2v) is 5.70. The van der Waals surface area contributed by atoms with Gasteiger partial charge in [0.2, 0.25) is 5.91 Å². The van der Waals surface area contributed by atoms with Crippen LogP contribution in [-0.2, 0) is 4.79 Å². The van der Waals surface area contributed by atoms with Gasteiger partial charge in [-0.15, -0.1) is 5.10 Å². The van der Waals surface area contributed by atoms with Crippen molar-refractivity contribution < 1.29 is 4.79 Å². The molecule has 3 rings (SSSR count). The van der Waals surface area contributed by atoms with E-state index in [4.69, 9.17) is 5.73 Å². The molecule has 0 saturated heterocycles. The average Bonchev–Trinajstić information content (AvgIpc) is 2.90. The molecule has 1 saturated carbocycles. The van der Waals surface area contributed by atoms with Gasteiger partial charge in [-0.2, -0.15) is 0 Å². The lowest BCUT2D eigenvalue weighted by molar-refractivity contribution is -0.118. The van der Waals surface area contributed by atoms with Crippen LogP contribution in [0.15, 0.2) is 24.5 Å². The molecule has 21 heavy (non-hydrogen) atoms. The molecule has 1 fully saturated rings. The number of carbonyl (C=O) groups excluding carboxylic acids is 1. The third kappa shape index (κ3) is 2.92. The Hall–Kier alpha value is -2.28. The minimum atomic E-state index is -0.300. The maximum atomic E-state index is 12.0. The summed E-state index contributed by atoms with van der Waals surface area (Å²) in [5.41, 5.74) is 8.41. The number of amides is 1. The van der Waals surface area contributed by atoms with Gasteiger partial charge in [0.05, 0.1) is 5.69 Å². The number of hydrogen-bond acceptors (Lipinski definition) is 5. The Bertz CT molecular complexity index is 647. The van der Waals surface area contributed by atoms with Gasteiger partial charge < -0.3 is 11.1 Å². The minimum Gasteiger partial charge on any atom is -0.326 e. The van der Waals surface area contributed by atoms with Crippen molar-refractivity contribution in [3.63, 3.8) is 0 Å². The Morgan fingerprint density at radius 1 is 1.48 bits per heavy atom. The SMILES string of the molecule is Cc1cc(NC(=O)CC2(N)CCC2)ccc1-n1cnnn1. The summed E-state index contributed by atoms with van der Waals surface area (Å²) in [6.07, 6.45) is 4.88. The molecule has 2 aromatic rings. The van der Waals surface area contributed by atoms with Crippen LogP contribution in [0.4, 0.5) is 5.69 Å². The zero-order valence-corrected chi connectivity index (χ0v) is 11.9. The molecule has 1 aliphatic rings. The smallest absolute Gasteiger partial charge is 0.226 e. The highest BCUT2D eigenvalue weighted by Crippen LogP contribution is 2.32. The van der Waals surface area contributed by atoms with E-state index < -0.39 is 0 Å². The summed E-state index contributed by atoms with van der Waals surface area (Å²) >= 11 is 0. The molecular weight excluding hydrogens is 268 g/mol. The number of aryl methyl sites for hydroxylation is 1. The van der Waals surface area contributed by atoms with Crippen molar-refractivity contribution in [2.45, 2.75) is 38.1 Å².